The van der Waals surface area contributed by atoms with E-state index >= 15 is 0 Å². The highest BCUT2D eigenvalue weighted by atomic mass is 19.1. The van der Waals surface area contributed by atoms with Crippen LogP contribution in [0.3, 0.4) is 0 Å². The molecule has 4 aliphatic rings. The van der Waals surface area contributed by atoms with Crippen molar-refractivity contribution in [1.82, 2.24) is 15.1 Å². The standard InChI is InChI=1S/C29H31FN4O5/c1-31-27(37)32-22-9-10-23-19(14-22)3-2-12-29(23)26(36)34(28(38)39-29)16-25(35)33-15-20-6-8-21(30)13-18(20)7-11-24(33)17-4-5-17/h6,8-10,13-14,17,24H,2-5,7,11-12,15-16H2,1H3,(H2,31,32,37). The maximum absolute atomic E-state index is 13.9. The van der Waals surface area contributed by atoms with E-state index in [-0.39, 0.29) is 23.8 Å². The molecule has 9 nitrogen and oxygen atoms in total. The number of imide groups is 1. The van der Waals surface area contributed by atoms with Crippen LogP contribution in [0, 0.1) is 11.7 Å². The molecule has 2 aliphatic heterocycles. The van der Waals surface area contributed by atoms with Crippen molar-refractivity contribution in [3.63, 3.8) is 0 Å². The first-order valence-electron chi connectivity index (χ1n) is 13.5. The molecule has 5 amide bonds. The van der Waals surface area contributed by atoms with E-state index in [1.54, 1.807) is 29.2 Å². The zero-order valence-corrected chi connectivity index (χ0v) is 21.8. The van der Waals surface area contributed by atoms with Gasteiger partial charge in [0.25, 0.3) is 5.91 Å². The number of urea groups is 1. The Kier molecular flexibility index (Phi) is 6.28. The van der Waals surface area contributed by atoms with E-state index in [2.05, 4.69) is 10.6 Å². The molecule has 39 heavy (non-hydrogen) atoms. The Morgan fingerprint density at radius 1 is 1.05 bits per heavy atom. The number of hydrogen-bond acceptors (Lipinski definition) is 5. The maximum atomic E-state index is 13.9. The Bertz CT molecular complexity index is 1380. The minimum Gasteiger partial charge on any atom is -0.427 e. The van der Waals surface area contributed by atoms with Gasteiger partial charge in [-0.25, -0.2) is 18.9 Å². The van der Waals surface area contributed by atoms with Gasteiger partial charge in [-0.1, -0.05) is 12.1 Å². The monoisotopic (exact) mass is 534 g/mol. The second kappa shape index (κ2) is 9.66. The summed E-state index contributed by atoms with van der Waals surface area (Å²) < 4.78 is 19.7. The summed E-state index contributed by atoms with van der Waals surface area (Å²) in [5, 5.41) is 5.22. The highest BCUT2D eigenvalue weighted by molar-refractivity contribution is 6.06. The lowest BCUT2D eigenvalue weighted by molar-refractivity contribution is -0.144. The highest BCUT2D eigenvalue weighted by Crippen LogP contribution is 2.45. The van der Waals surface area contributed by atoms with Gasteiger partial charge in [0.2, 0.25) is 11.5 Å². The largest absolute Gasteiger partial charge is 0.427 e. The van der Waals surface area contributed by atoms with Crippen LogP contribution in [0.4, 0.5) is 19.7 Å². The fourth-order valence-electron chi connectivity index (χ4n) is 6.35. The van der Waals surface area contributed by atoms with Crippen LogP contribution in [0.1, 0.15) is 54.4 Å². The predicted octanol–water partition coefficient (Wildman–Crippen LogP) is 3.84. The Morgan fingerprint density at radius 2 is 1.87 bits per heavy atom. The molecule has 0 bridgehead atoms. The van der Waals surface area contributed by atoms with E-state index < -0.39 is 24.1 Å². The van der Waals surface area contributed by atoms with Gasteiger partial charge >= 0.3 is 12.1 Å². The SMILES string of the molecule is CNC(=O)Nc1ccc2c(c1)CCCC21OC(=O)N(CC(=O)N2Cc3ccc(F)cc3CCC2C2CC2)C1=O. The van der Waals surface area contributed by atoms with Crippen molar-refractivity contribution >= 4 is 29.6 Å². The summed E-state index contributed by atoms with van der Waals surface area (Å²) in [4.78, 5) is 55.0. The molecular formula is C29H31FN4O5. The van der Waals surface area contributed by atoms with E-state index in [0.29, 0.717) is 49.4 Å². The van der Waals surface area contributed by atoms with E-state index in [1.165, 1.54) is 19.2 Å². The third-order valence-corrected chi connectivity index (χ3v) is 8.47. The van der Waals surface area contributed by atoms with Gasteiger partial charge in [-0.05, 0) is 85.4 Å². The predicted molar refractivity (Wildman–Crippen MR) is 139 cm³/mol. The summed E-state index contributed by atoms with van der Waals surface area (Å²) in [5.41, 5.74) is 2.29. The van der Waals surface area contributed by atoms with Crippen molar-refractivity contribution < 1.29 is 28.3 Å². The summed E-state index contributed by atoms with van der Waals surface area (Å²) in [5.74, 6) is -0.762. The first kappa shape index (κ1) is 25.3. The summed E-state index contributed by atoms with van der Waals surface area (Å²) in [6, 6.07) is 9.46. The molecule has 1 saturated heterocycles. The minimum absolute atomic E-state index is 0.0164. The number of hydrogen-bond donors (Lipinski definition) is 2. The summed E-state index contributed by atoms with van der Waals surface area (Å²) in [7, 11) is 1.52. The van der Waals surface area contributed by atoms with Gasteiger partial charge in [-0.15, -0.1) is 0 Å². The number of aryl methyl sites for hydroxylation is 2. The summed E-state index contributed by atoms with van der Waals surface area (Å²) >= 11 is 0. The van der Waals surface area contributed by atoms with E-state index in [1.807, 2.05) is 0 Å². The molecule has 2 unspecified atom stereocenters. The number of halogens is 1. The van der Waals surface area contributed by atoms with Crippen LogP contribution in [-0.4, -0.2) is 53.4 Å². The topological polar surface area (TPSA) is 108 Å². The number of carbonyl (C=O) groups excluding carboxylic acids is 4. The van der Waals surface area contributed by atoms with Crippen LogP contribution in [0.2, 0.25) is 0 Å². The van der Waals surface area contributed by atoms with E-state index in [0.717, 1.165) is 40.9 Å². The maximum Gasteiger partial charge on any atom is 0.418 e. The Balaban J connectivity index is 1.24. The van der Waals surface area contributed by atoms with Crippen molar-refractivity contribution in [3.05, 3.63) is 64.5 Å². The fraction of sp³-hybridized carbons (Fsp3) is 0.448. The van der Waals surface area contributed by atoms with Crippen molar-refractivity contribution in [2.24, 2.45) is 5.92 Å². The van der Waals surface area contributed by atoms with Crippen molar-refractivity contribution in [3.8, 4) is 0 Å². The number of ether oxygens (including phenoxy) is 1. The van der Waals surface area contributed by atoms with Crippen LogP contribution in [0.15, 0.2) is 36.4 Å². The molecule has 0 radical (unpaired) electrons. The van der Waals surface area contributed by atoms with Crippen LogP contribution in [0.25, 0.3) is 0 Å². The first-order chi connectivity index (χ1) is 18.8. The third-order valence-electron chi connectivity index (χ3n) is 8.47. The van der Waals surface area contributed by atoms with Crippen LogP contribution >= 0.6 is 0 Å². The molecule has 204 valence electrons. The zero-order chi connectivity index (χ0) is 27.3. The molecule has 10 heteroatoms. The molecule has 6 rings (SSSR count). The van der Waals surface area contributed by atoms with E-state index in [4.69, 9.17) is 4.74 Å². The fourth-order valence-corrected chi connectivity index (χ4v) is 6.35. The van der Waals surface area contributed by atoms with Gasteiger partial charge in [0, 0.05) is 37.3 Å². The number of carbonyl (C=O) groups is 4. The first-order valence-corrected chi connectivity index (χ1v) is 13.5. The van der Waals surface area contributed by atoms with Gasteiger partial charge in [0.15, 0.2) is 0 Å². The lowest BCUT2D eigenvalue weighted by atomic mass is 9.78. The number of nitrogens with one attached hydrogen (secondary N) is 2. The van der Waals surface area contributed by atoms with Gasteiger partial charge in [-0.2, -0.15) is 0 Å². The molecular weight excluding hydrogens is 503 g/mol. The van der Waals surface area contributed by atoms with Gasteiger partial charge < -0.3 is 20.3 Å². The molecule has 2 N–H and O–H groups in total. The molecule has 0 aromatic heterocycles. The number of nitrogens with zero attached hydrogens (tertiary/aromatic N) is 2. The number of rotatable bonds is 4. The summed E-state index contributed by atoms with van der Waals surface area (Å²) in [6.07, 6.45) is 4.23. The van der Waals surface area contributed by atoms with Crippen molar-refractivity contribution in [1.29, 1.82) is 0 Å². The summed E-state index contributed by atoms with van der Waals surface area (Å²) in [6.45, 7) is -0.0768. The second-order valence-electron chi connectivity index (χ2n) is 10.9. The number of fused-ring (bicyclic) bond motifs is 3. The molecule has 1 spiro atoms. The Morgan fingerprint density at radius 3 is 2.64 bits per heavy atom. The molecule has 1 saturated carbocycles. The Hall–Kier alpha value is -3.95. The minimum atomic E-state index is -1.48. The third kappa shape index (κ3) is 4.51. The van der Waals surface area contributed by atoms with Crippen LogP contribution in [-0.2, 0) is 39.3 Å². The molecule has 2 heterocycles. The second-order valence-corrected chi connectivity index (χ2v) is 10.9. The number of benzene rings is 2. The van der Waals surface area contributed by atoms with Gasteiger partial charge in [-0.3, -0.25) is 9.59 Å². The molecule has 2 aliphatic carbocycles. The average molecular weight is 535 g/mol. The normalized spacial score (nSPS) is 24.1. The number of anilines is 1. The molecule has 2 aromatic rings. The van der Waals surface area contributed by atoms with Crippen LogP contribution in [0.5, 0.6) is 0 Å². The molecule has 2 atom stereocenters. The van der Waals surface area contributed by atoms with Gasteiger partial charge in [0.05, 0.1) is 0 Å². The quantitative estimate of drug-likeness (QED) is 0.620. The number of amides is 5. The van der Waals surface area contributed by atoms with Crippen LogP contribution < -0.4 is 10.6 Å². The lowest BCUT2D eigenvalue weighted by Gasteiger charge is -2.33. The van der Waals surface area contributed by atoms with Crippen molar-refractivity contribution in [2.45, 2.75) is 63.1 Å². The lowest BCUT2D eigenvalue weighted by Crippen LogP contribution is -2.48. The highest BCUT2D eigenvalue weighted by Gasteiger charge is 2.57. The molecule has 2 fully saturated rings. The van der Waals surface area contributed by atoms with Crippen molar-refractivity contribution in [2.75, 3.05) is 18.9 Å². The smallest absolute Gasteiger partial charge is 0.418 e. The zero-order valence-electron chi connectivity index (χ0n) is 21.8. The van der Waals surface area contributed by atoms with Gasteiger partial charge in [0.1, 0.15) is 12.4 Å². The molecule has 2 aromatic carbocycles. The Labute approximate surface area is 225 Å². The average Bonchev–Trinajstić information content (AvgIpc) is 3.75. The van der Waals surface area contributed by atoms with E-state index in [9.17, 15) is 23.6 Å².